The summed E-state index contributed by atoms with van der Waals surface area (Å²) in [5.41, 5.74) is 2.83. The zero-order valence-electron chi connectivity index (χ0n) is 14.7. The van der Waals surface area contributed by atoms with E-state index in [-0.39, 0.29) is 11.9 Å². The first-order valence-electron chi connectivity index (χ1n) is 8.69. The van der Waals surface area contributed by atoms with Crippen LogP contribution in [-0.2, 0) is 11.3 Å². The van der Waals surface area contributed by atoms with Crippen LogP contribution in [0.5, 0.6) is 0 Å². The standard InChI is InChI=1S/C20H22ClN3O2/c1-14-4-10-17(11-5-14)23-20(26)24-12-2-3-18(24)19(25)22-13-15-6-8-16(21)9-7-15/h4-11,18H,2-3,12-13H2,1H3,(H,22,25)(H,23,26)/t18-/m0/s1. The van der Waals surface area contributed by atoms with Gasteiger partial charge >= 0.3 is 6.03 Å². The molecule has 1 fully saturated rings. The Balaban J connectivity index is 1.57. The second-order valence-corrected chi connectivity index (χ2v) is 6.93. The maximum absolute atomic E-state index is 12.5. The maximum Gasteiger partial charge on any atom is 0.322 e. The van der Waals surface area contributed by atoms with Gasteiger partial charge in [-0.3, -0.25) is 4.79 Å². The van der Waals surface area contributed by atoms with Crippen molar-refractivity contribution < 1.29 is 9.59 Å². The number of anilines is 1. The Labute approximate surface area is 158 Å². The van der Waals surface area contributed by atoms with Crippen molar-refractivity contribution in [2.75, 3.05) is 11.9 Å². The molecule has 0 bridgehead atoms. The summed E-state index contributed by atoms with van der Waals surface area (Å²) in [5.74, 6) is -0.128. The van der Waals surface area contributed by atoms with Crippen molar-refractivity contribution in [1.29, 1.82) is 0 Å². The van der Waals surface area contributed by atoms with Gasteiger partial charge in [0.05, 0.1) is 0 Å². The van der Waals surface area contributed by atoms with Crippen LogP contribution in [-0.4, -0.2) is 29.4 Å². The minimum absolute atomic E-state index is 0.128. The topological polar surface area (TPSA) is 61.4 Å². The fraction of sp³-hybridized carbons (Fsp3) is 0.300. The van der Waals surface area contributed by atoms with Gasteiger partial charge in [0.15, 0.2) is 0 Å². The predicted octanol–water partition coefficient (Wildman–Crippen LogP) is 3.96. The molecule has 26 heavy (non-hydrogen) atoms. The van der Waals surface area contributed by atoms with Gasteiger partial charge in [-0.25, -0.2) is 4.79 Å². The number of hydrogen-bond acceptors (Lipinski definition) is 2. The molecule has 1 atom stereocenters. The quantitative estimate of drug-likeness (QED) is 0.854. The molecule has 3 amide bonds. The number of carbonyl (C=O) groups is 2. The first-order chi connectivity index (χ1) is 12.5. The van der Waals surface area contributed by atoms with Crippen LogP contribution < -0.4 is 10.6 Å². The molecule has 2 aromatic carbocycles. The molecule has 2 aromatic rings. The molecule has 5 nitrogen and oxygen atoms in total. The Morgan fingerprint density at radius 1 is 1.12 bits per heavy atom. The molecular weight excluding hydrogens is 350 g/mol. The number of aryl methyl sites for hydroxylation is 1. The van der Waals surface area contributed by atoms with Gasteiger partial charge < -0.3 is 15.5 Å². The minimum atomic E-state index is -0.437. The predicted molar refractivity (Wildman–Crippen MR) is 103 cm³/mol. The molecule has 1 saturated heterocycles. The van der Waals surface area contributed by atoms with Crippen LogP contribution >= 0.6 is 11.6 Å². The Bertz CT molecular complexity index is 775. The first-order valence-corrected chi connectivity index (χ1v) is 9.07. The number of halogens is 1. The van der Waals surface area contributed by atoms with E-state index in [0.29, 0.717) is 24.5 Å². The van der Waals surface area contributed by atoms with Crippen molar-refractivity contribution >= 4 is 29.2 Å². The number of rotatable bonds is 4. The smallest absolute Gasteiger partial charge is 0.322 e. The highest BCUT2D eigenvalue weighted by molar-refractivity contribution is 6.30. The van der Waals surface area contributed by atoms with E-state index in [1.54, 1.807) is 17.0 Å². The van der Waals surface area contributed by atoms with Crippen LogP contribution in [0.1, 0.15) is 24.0 Å². The van der Waals surface area contributed by atoms with Crippen molar-refractivity contribution in [1.82, 2.24) is 10.2 Å². The SMILES string of the molecule is Cc1ccc(NC(=O)N2CCC[C@H]2C(=O)NCc2ccc(Cl)cc2)cc1. The van der Waals surface area contributed by atoms with Crippen LogP contribution in [0.2, 0.25) is 5.02 Å². The van der Waals surface area contributed by atoms with E-state index in [1.165, 1.54) is 0 Å². The second kappa shape index (κ2) is 8.23. The third-order valence-corrected chi connectivity index (χ3v) is 4.75. The Kier molecular flexibility index (Phi) is 5.78. The molecular formula is C20H22ClN3O2. The van der Waals surface area contributed by atoms with Crippen molar-refractivity contribution in [2.45, 2.75) is 32.4 Å². The molecule has 0 saturated carbocycles. The average Bonchev–Trinajstić information content (AvgIpc) is 3.13. The van der Waals surface area contributed by atoms with Gasteiger partial charge in [0, 0.05) is 23.8 Å². The Morgan fingerprint density at radius 3 is 2.50 bits per heavy atom. The molecule has 3 rings (SSSR count). The highest BCUT2D eigenvalue weighted by Gasteiger charge is 2.34. The summed E-state index contributed by atoms with van der Waals surface area (Å²) < 4.78 is 0. The maximum atomic E-state index is 12.5. The highest BCUT2D eigenvalue weighted by atomic mass is 35.5. The van der Waals surface area contributed by atoms with Crippen LogP contribution in [0.3, 0.4) is 0 Å². The lowest BCUT2D eigenvalue weighted by Crippen LogP contribution is -2.47. The Morgan fingerprint density at radius 2 is 1.81 bits per heavy atom. The number of amides is 3. The molecule has 2 N–H and O–H groups in total. The molecule has 0 aromatic heterocycles. The third kappa shape index (κ3) is 4.55. The van der Waals surface area contributed by atoms with Gasteiger partial charge in [-0.1, -0.05) is 41.4 Å². The molecule has 1 aliphatic rings. The first kappa shape index (κ1) is 18.3. The lowest BCUT2D eigenvalue weighted by molar-refractivity contribution is -0.124. The lowest BCUT2D eigenvalue weighted by atomic mass is 10.2. The zero-order chi connectivity index (χ0) is 18.5. The molecule has 1 heterocycles. The van der Waals surface area contributed by atoms with Gasteiger partial charge in [-0.05, 0) is 49.6 Å². The number of benzene rings is 2. The average molecular weight is 372 g/mol. The molecule has 0 aliphatic carbocycles. The molecule has 0 radical (unpaired) electrons. The van der Waals surface area contributed by atoms with E-state index in [9.17, 15) is 9.59 Å². The van der Waals surface area contributed by atoms with Crippen LogP contribution in [0.25, 0.3) is 0 Å². The van der Waals surface area contributed by atoms with E-state index in [2.05, 4.69) is 10.6 Å². The van der Waals surface area contributed by atoms with E-state index in [4.69, 9.17) is 11.6 Å². The van der Waals surface area contributed by atoms with Crippen LogP contribution in [0.15, 0.2) is 48.5 Å². The fourth-order valence-electron chi connectivity index (χ4n) is 3.02. The van der Waals surface area contributed by atoms with Crippen molar-refractivity contribution in [3.63, 3.8) is 0 Å². The van der Waals surface area contributed by atoms with Gasteiger partial charge in [0.2, 0.25) is 5.91 Å². The lowest BCUT2D eigenvalue weighted by Gasteiger charge is -2.24. The summed E-state index contributed by atoms with van der Waals surface area (Å²) in [6.07, 6.45) is 1.49. The second-order valence-electron chi connectivity index (χ2n) is 6.49. The highest BCUT2D eigenvalue weighted by Crippen LogP contribution is 2.20. The van der Waals surface area contributed by atoms with Gasteiger partial charge in [-0.2, -0.15) is 0 Å². The summed E-state index contributed by atoms with van der Waals surface area (Å²) >= 11 is 5.87. The molecule has 0 spiro atoms. The number of hydrogen-bond donors (Lipinski definition) is 2. The third-order valence-electron chi connectivity index (χ3n) is 4.50. The summed E-state index contributed by atoms with van der Waals surface area (Å²) in [6, 6.07) is 14.3. The number of nitrogens with one attached hydrogen (secondary N) is 2. The van der Waals surface area contributed by atoms with Crippen LogP contribution in [0.4, 0.5) is 10.5 Å². The Hall–Kier alpha value is -2.53. The summed E-state index contributed by atoms with van der Waals surface area (Å²) in [6.45, 7) is 2.99. The zero-order valence-corrected chi connectivity index (χ0v) is 15.4. The number of nitrogens with zero attached hydrogens (tertiary/aromatic N) is 1. The van der Waals surface area contributed by atoms with Crippen molar-refractivity contribution in [2.24, 2.45) is 0 Å². The summed E-state index contributed by atoms with van der Waals surface area (Å²) in [7, 11) is 0. The van der Waals surface area contributed by atoms with E-state index >= 15 is 0 Å². The van der Waals surface area contributed by atoms with Crippen molar-refractivity contribution in [3.8, 4) is 0 Å². The van der Waals surface area contributed by atoms with Crippen molar-refractivity contribution in [3.05, 3.63) is 64.7 Å². The molecule has 136 valence electrons. The van der Waals surface area contributed by atoms with Crippen LogP contribution in [0, 0.1) is 6.92 Å². The largest absolute Gasteiger partial charge is 0.350 e. The van der Waals surface area contributed by atoms with Gasteiger partial charge in [0.25, 0.3) is 0 Å². The summed E-state index contributed by atoms with van der Waals surface area (Å²) in [5, 5.41) is 6.44. The molecule has 0 unspecified atom stereocenters. The number of likely N-dealkylation sites (tertiary alicyclic amines) is 1. The normalized spacial score (nSPS) is 16.4. The van der Waals surface area contributed by atoms with Gasteiger partial charge in [-0.15, -0.1) is 0 Å². The molecule has 1 aliphatic heterocycles. The van der Waals surface area contributed by atoms with E-state index < -0.39 is 6.04 Å². The van der Waals surface area contributed by atoms with E-state index in [1.807, 2.05) is 43.3 Å². The number of carbonyl (C=O) groups excluding carboxylic acids is 2. The van der Waals surface area contributed by atoms with E-state index in [0.717, 1.165) is 23.2 Å². The number of urea groups is 1. The monoisotopic (exact) mass is 371 g/mol. The summed E-state index contributed by atoms with van der Waals surface area (Å²) in [4.78, 5) is 26.7. The minimum Gasteiger partial charge on any atom is -0.350 e. The molecule has 6 heteroatoms. The fourth-order valence-corrected chi connectivity index (χ4v) is 3.15. The van der Waals surface area contributed by atoms with Gasteiger partial charge in [0.1, 0.15) is 6.04 Å².